The largest absolute Gasteiger partial charge is 0.495 e. The van der Waals surface area contributed by atoms with E-state index in [4.69, 9.17) is 9.47 Å². The van der Waals surface area contributed by atoms with Crippen LogP contribution >= 0.6 is 15.9 Å². The first kappa shape index (κ1) is 14.7. The Morgan fingerprint density at radius 2 is 1.60 bits per heavy atom. The average molecular weight is 337 g/mol. The van der Waals surface area contributed by atoms with Crippen molar-refractivity contribution in [2.75, 3.05) is 19.6 Å². The molecule has 0 fully saturated rings. The molecule has 2 N–H and O–H groups in total. The summed E-state index contributed by atoms with van der Waals surface area (Å²) in [5, 5.41) is 0. The number of ether oxygens (including phenoxy) is 2. The fourth-order valence-electron chi connectivity index (χ4n) is 1.80. The molecule has 4 nitrogen and oxygen atoms in total. The van der Waals surface area contributed by atoms with Crippen molar-refractivity contribution in [1.29, 1.82) is 0 Å². The van der Waals surface area contributed by atoms with Crippen molar-refractivity contribution >= 4 is 21.6 Å². The summed E-state index contributed by atoms with van der Waals surface area (Å²) >= 11 is 3.45. The summed E-state index contributed by atoms with van der Waals surface area (Å²) in [6, 6.07) is 13.9. The lowest BCUT2D eigenvalue weighted by atomic mass is 10.2. The minimum absolute atomic E-state index is 0.648. The molecule has 0 aliphatic heterocycles. The van der Waals surface area contributed by atoms with Crippen LogP contribution in [0.15, 0.2) is 46.9 Å². The lowest BCUT2D eigenvalue weighted by Gasteiger charge is -2.13. The Kier molecular flexibility index (Phi) is 5.26. The summed E-state index contributed by atoms with van der Waals surface area (Å²) in [7, 11) is 3.28. The zero-order valence-corrected chi connectivity index (χ0v) is 13.0. The van der Waals surface area contributed by atoms with E-state index in [0.29, 0.717) is 6.54 Å². The van der Waals surface area contributed by atoms with Crippen LogP contribution in [0.3, 0.4) is 0 Å². The molecule has 2 aromatic carbocycles. The number of hydrogen-bond acceptors (Lipinski definition) is 4. The minimum atomic E-state index is 0.648. The van der Waals surface area contributed by atoms with Crippen LogP contribution in [0.4, 0.5) is 5.69 Å². The van der Waals surface area contributed by atoms with E-state index in [9.17, 15) is 0 Å². The summed E-state index contributed by atoms with van der Waals surface area (Å²) in [5.41, 5.74) is 8.38. The molecule has 0 saturated heterocycles. The third kappa shape index (κ3) is 3.65. The first-order chi connectivity index (χ1) is 9.74. The van der Waals surface area contributed by atoms with Gasteiger partial charge in [0.25, 0.3) is 0 Å². The molecule has 0 aromatic heterocycles. The number of anilines is 1. The molecule has 0 saturated carbocycles. The van der Waals surface area contributed by atoms with Gasteiger partial charge in [-0.3, -0.25) is 0 Å². The van der Waals surface area contributed by atoms with Crippen molar-refractivity contribution in [3.8, 4) is 11.5 Å². The number of benzene rings is 2. The maximum absolute atomic E-state index is 5.32. The molecule has 0 radical (unpaired) electrons. The Hall–Kier alpha value is -1.72. The number of hydrazine groups is 1. The number of methoxy groups -OCH3 is 2. The first-order valence-electron chi connectivity index (χ1n) is 6.19. The van der Waals surface area contributed by atoms with Crippen LogP contribution in [0.5, 0.6) is 11.5 Å². The highest BCUT2D eigenvalue weighted by Gasteiger charge is 2.09. The predicted molar refractivity (Wildman–Crippen MR) is 84.2 cm³/mol. The lowest BCUT2D eigenvalue weighted by Crippen LogP contribution is -2.20. The Bertz CT molecular complexity index is 536. The van der Waals surface area contributed by atoms with Gasteiger partial charge in [-0.25, -0.2) is 5.43 Å². The van der Waals surface area contributed by atoms with Gasteiger partial charge in [-0.05, 0) is 45.8 Å². The van der Waals surface area contributed by atoms with Crippen LogP contribution in [0.25, 0.3) is 0 Å². The van der Waals surface area contributed by atoms with Crippen LogP contribution in [-0.4, -0.2) is 14.2 Å². The Balaban J connectivity index is 2.02. The zero-order valence-electron chi connectivity index (χ0n) is 11.4. The van der Waals surface area contributed by atoms with Gasteiger partial charge in [-0.2, -0.15) is 0 Å². The van der Waals surface area contributed by atoms with E-state index in [1.54, 1.807) is 14.2 Å². The summed E-state index contributed by atoms with van der Waals surface area (Å²) in [6.07, 6.45) is 0. The topological polar surface area (TPSA) is 42.5 Å². The van der Waals surface area contributed by atoms with Gasteiger partial charge in [-0.1, -0.05) is 18.2 Å². The summed E-state index contributed by atoms with van der Waals surface area (Å²) in [4.78, 5) is 0. The Morgan fingerprint density at radius 1 is 1.00 bits per heavy atom. The molecule has 20 heavy (non-hydrogen) atoms. The monoisotopic (exact) mass is 336 g/mol. The van der Waals surface area contributed by atoms with Crippen molar-refractivity contribution < 1.29 is 9.47 Å². The number of hydrogen-bond donors (Lipinski definition) is 2. The molecule has 2 aromatic rings. The maximum atomic E-state index is 5.32. The molecule has 0 aliphatic rings. The van der Waals surface area contributed by atoms with Gasteiger partial charge in [-0.15, -0.1) is 0 Å². The molecular formula is C15H17BrN2O2. The van der Waals surface area contributed by atoms with Crippen molar-refractivity contribution in [1.82, 2.24) is 5.43 Å². The van der Waals surface area contributed by atoms with Gasteiger partial charge in [0.1, 0.15) is 16.0 Å². The molecule has 5 heteroatoms. The molecule has 0 unspecified atom stereocenters. The molecule has 0 amide bonds. The SMILES string of the molecule is COc1cc(CNNc2ccccc2)cc(OC)c1Br. The highest BCUT2D eigenvalue weighted by Crippen LogP contribution is 2.35. The van der Waals surface area contributed by atoms with Crippen LogP contribution in [0, 0.1) is 0 Å². The standard InChI is InChI=1S/C15H17BrN2O2/c1-19-13-8-11(9-14(20-2)15(13)16)10-17-18-12-6-4-3-5-7-12/h3-9,17-18H,10H2,1-2H3. The Morgan fingerprint density at radius 3 is 2.15 bits per heavy atom. The molecule has 0 aliphatic carbocycles. The second kappa shape index (κ2) is 7.17. The van der Waals surface area contributed by atoms with E-state index in [1.807, 2.05) is 42.5 Å². The average Bonchev–Trinajstić information content (AvgIpc) is 2.49. The normalized spacial score (nSPS) is 10.2. The summed E-state index contributed by atoms with van der Waals surface area (Å²) in [6.45, 7) is 0.648. The number of rotatable bonds is 6. The highest BCUT2D eigenvalue weighted by atomic mass is 79.9. The fraction of sp³-hybridized carbons (Fsp3) is 0.200. The number of para-hydroxylation sites is 1. The van der Waals surface area contributed by atoms with E-state index in [0.717, 1.165) is 27.2 Å². The molecule has 2 rings (SSSR count). The second-order valence-corrected chi connectivity index (χ2v) is 4.95. The molecule has 0 heterocycles. The van der Waals surface area contributed by atoms with Crippen molar-refractivity contribution in [2.24, 2.45) is 0 Å². The second-order valence-electron chi connectivity index (χ2n) is 4.16. The maximum Gasteiger partial charge on any atom is 0.137 e. The molecular weight excluding hydrogens is 320 g/mol. The van der Waals surface area contributed by atoms with E-state index in [2.05, 4.69) is 26.8 Å². The zero-order chi connectivity index (χ0) is 14.4. The molecule has 0 atom stereocenters. The fourth-order valence-corrected chi connectivity index (χ4v) is 2.35. The number of nitrogens with one attached hydrogen (secondary N) is 2. The van der Waals surface area contributed by atoms with Gasteiger partial charge >= 0.3 is 0 Å². The molecule has 0 bridgehead atoms. The van der Waals surface area contributed by atoms with E-state index < -0.39 is 0 Å². The van der Waals surface area contributed by atoms with Gasteiger partial charge < -0.3 is 14.9 Å². The van der Waals surface area contributed by atoms with Crippen LogP contribution < -0.4 is 20.3 Å². The third-order valence-corrected chi connectivity index (χ3v) is 3.59. The van der Waals surface area contributed by atoms with Crippen LogP contribution in [0.1, 0.15) is 5.56 Å². The summed E-state index contributed by atoms with van der Waals surface area (Å²) in [5.74, 6) is 1.50. The van der Waals surface area contributed by atoms with E-state index in [1.165, 1.54) is 0 Å². The lowest BCUT2D eigenvalue weighted by molar-refractivity contribution is 0.388. The van der Waals surface area contributed by atoms with Gasteiger partial charge in [0.2, 0.25) is 0 Å². The van der Waals surface area contributed by atoms with Crippen LogP contribution in [-0.2, 0) is 6.54 Å². The Labute approximate surface area is 127 Å². The van der Waals surface area contributed by atoms with E-state index in [-0.39, 0.29) is 0 Å². The third-order valence-electron chi connectivity index (χ3n) is 2.80. The van der Waals surface area contributed by atoms with Gasteiger partial charge in [0.05, 0.1) is 14.2 Å². The van der Waals surface area contributed by atoms with Crippen molar-refractivity contribution in [3.05, 3.63) is 52.5 Å². The molecule has 106 valence electrons. The van der Waals surface area contributed by atoms with Gasteiger partial charge in [0.15, 0.2) is 0 Å². The van der Waals surface area contributed by atoms with Crippen molar-refractivity contribution in [3.63, 3.8) is 0 Å². The quantitative estimate of drug-likeness (QED) is 0.791. The van der Waals surface area contributed by atoms with E-state index >= 15 is 0 Å². The van der Waals surface area contributed by atoms with Crippen molar-refractivity contribution in [2.45, 2.75) is 6.54 Å². The summed E-state index contributed by atoms with van der Waals surface area (Å²) < 4.78 is 11.5. The first-order valence-corrected chi connectivity index (χ1v) is 6.98. The highest BCUT2D eigenvalue weighted by molar-refractivity contribution is 9.10. The van der Waals surface area contributed by atoms with Gasteiger partial charge in [0, 0.05) is 12.2 Å². The van der Waals surface area contributed by atoms with Crippen LogP contribution in [0.2, 0.25) is 0 Å². The minimum Gasteiger partial charge on any atom is -0.495 e. The predicted octanol–water partition coefficient (Wildman–Crippen LogP) is 3.58. The number of halogens is 1. The molecule has 0 spiro atoms. The smallest absolute Gasteiger partial charge is 0.137 e.